The quantitative estimate of drug-likeness (QED) is 0.354. The van der Waals surface area contributed by atoms with Gasteiger partial charge in [0.1, 0.15) is 15.8 Å². The normalized spacial score (nSPS) is 15.0. The van der Waals surface area contributed by atoms with Crippen molar-refractivity contribution in [2.24, 2.45) is 0 Å². The van der Waals surface area contributed by atoms with Crippen LogP contribution in [0.2, 0.25) is 0 Å². The number of nitrogens with one attached hydrogen (secondary N) is 1. The number of aromatic nitrogens is 3. The Morgan fingerprint density at radius 3 is 2.66 bits per heavy atom. The summed E-state index contributed by atoms with van der Waals surface area (Å²) in [6.07, 6.45) is 6.30. The third-order valence-corrected chi connectivity index (χ3v) is 7.20. The van der Waals surface area contributed by atoms with Gasteiger partial charge in [0, 0.05) is 29.1 Å². The Balaban J connectivity index is 1.41. The number of rotatable bonds is 6. The van der Waals surface area contributed by atoms with E-state index in [0.717, 1.165) is 51.7 Å². The van der Waals surface area contributed by atoms with Crippen molar-refractivity contribution in [2.45, 2.75) is 52.2 Å². The van der Waals surface area contributed by atoms with Gasteiger partial charge < -0.3 is 10.1 Å². The molecule has 0 unspecified atom stereocenters. The van der Waals surface area contributed by atoms with E-state index in [2.05, 4.69) is 45.6 Å². The molecular formula is C28H28N4O2S. The number of ether oxygens (including phenoxy) is 1. The van der Waals surface area contributed by atoms with Crippen LogP contribution in [0.1, 0.15) is 59.8 Å². The SMILES string of the molecule is Cc1cc(-c2nnc(-c3cccc4c3CCC[C@H]4NC(=O)c3ccncc3)s2)ccc1OC(C)C. The predicted octanol–water partition coefficient (Wildman–Crippen LogP) is 6.17. The minimum Gasteiger partial charge on any atom is -0.491 e. The number of fused-ring (bicyclic) bond motifs is 1. The van der Waals surface area contributed by atoms with Gasteiger partial charge in [-0.05, 0) is 87.1 Å². The maximum atomic E-state index is 12.8. The molecule has 0 spiro atoms. The fraction of sp³-hybridized carbons (Fsp3) is 0.286. The molecule has 4 aromatic rings. The van der Waals surface area contributed by atoms with E-state index in [0.29, 0.717) is 5.56 Å². The van der Waals surface area contributed by atoms with Gasteiger partial charge in [0.05, 0.1) is 12.1 Å². The Hall–Kier alpha value is -3.58. The summed E-state index contributed by atoms with van der Waals surface area (Å²) in [5, 5.41) is 14.1. The van der Waals surface area contributed by atoms with Crippen LogP contribution in [0.15, 0.2) is 60.9 Å². The third kappa shape index (κ3) is 4.95. The van der Waals surface area contributed by atoms with Gasteiger partial charge in [-0.3, -0.25) is 9.78 Å². The Kier molecular flexibility index (Phi) is 6.59. The van der Waals surface area contributed by atoms with Crippen LogP contribution >= 0.6 is 11.3 Å². The maximum absolute atomic E-state index is 12.8. The van der Waals surface area contributed by atoms with Gasteiger partial charge in [-0.2, -0.15) is 0 Å². The molecule has 0 bridgehead atoms. The van der Waals surface area contributed by atoms with E-state index in [1.807, 2.05) is 32.0 Å². The summed E-state index contributed by atoms with van der Waals surface area (Å²) in [4.78, 5) is 16.8. The van der Waals surface area contributed by atoms with Crippen LogP contribution in [0.25, 0.3) is 21.1 Å². The number of carbonyl (C=O) groups excluding carboxylic acids is 1. The number of benzene rings is 2. The molecule has 0 radical (unpaired) electrons. The first-order valence-corrected chi connectivity index (χ1v) is 12.8. The van der Waals surface area contributed by atoms with Crippen molar-refractivity contribution < 1.29 is 9.53 Å². The van der Waals surface area contributed by atoms with Gasteiger partial charge in [0.15, 0.2) is 0 Å². The molecule has 0 saturated carbocycles. The van der Waals surface area contributed by atoms with Gasteiger partial charge in [0.2, 0.25) is 0 Å². The van der Waals surface area contributed by atoms with E-state index in [1.165, 1.54) is 11.1 Å². The summed E-state index contributed by atoms with van der Waals surface area (Å²) >= 11 is 1.60. The lowest BCUT2D eigenvalue weighted by Crippen LogP contribution is -2.31. The summed E-state index contributed by atoms with van der Waals surface area (Å²) in [5.41, 5.74) is 6.26. The molecule has 2 aromatic carbocycles. The van der Waals surface area contributed by atoms with Crippen LogP contribution in [0.5, 0.6) is 5.75 Å². The number of nitrogens with zero attached hydrogens (tertiary/aromatic N) is 3. The lowest BCUT2D eigenvalue weighted by molar-refractivity contribution is 0.0932. The highest BCUT2D eigenvalue weighted by atomic mass is 32.1. The first-order chi connectivity index (χ1) is 17.0. The molecule has 1 atom stereocenters. The first-order valence-electron chi connectivity index (χ1n) is 11.9. The Labute approximate surface area is 209 Å². The standard InChI is InChI=1S/C28H28N4O2S/c1-17(2)34-25-11-10-20(16-18(25)3)27-31-32-28(35-27)23-8-4-7-22-21(23)6-5-9-24(22)30-26(33)19-12-14-29-15-13-19/h4,7-8,10-17,24H,5-6,9H2,1-3H3,(H,30,33)/t24-/m1/s1. The highest BCUT2D eigenvalue weighted by Gasteiger charge is 2.25. The number of aryl methyl sites for hydroxylation is 1. The second-order valence-corrected chi connectivity index (χ2v) is 10.1. The summed E-state index contributed by atoms with van der Waals surface area (Å²) in [6, 6.07) is 15.9. The minimum atomic E-state index is -0.0749. The predicted molar refractivity (Wildman–Crippen MR) is 139 cm³/mol. The van der Waals surface area contributed by atoms with Crippen molar-refractivity contribution in [3.8, 4) is 26.9 Å². The van der Waals surface area contributed by atoms with E-state index in [9.17, 15) is 4.79 Å². The highest BCUT2D eigenvalue weighted by molar-refractivity contribution is 7.17. The molecule has 0 aliphatic heterocycles. The lowest BCUT2D eigenvalue weighted by Gasteiger charge is -2.27. The van der Waals surface area contributed by atoms with Crippen LogP contribution in [-0.2, 0) is 6.42 Å². The number of amides is 1. The van der Waals surface area contributed by atoms with Gasteiger partial charge >= 0.3 is 0 Å². The van der Waals surface area contributed by atoms with Crippen molar-refractivity contribution >= 4 is 17.2 Å². The molecule has 6 nitrogen and oxygen atoms in total. The average molecular weight is 485 g/mol. The largest absolute Gasteiger partial charge is 0.491 e. The maximum Gasteiger partial charge on any atom is 0.251 e. The Morgan fingerprint density at radius 2 is 1.89 bits per heavy atom. The van der Waals surface area contributed by atoms with Crippen molar-refractivity contribution in [3.63, 3.8) is 0 Å². The van der Waals surface area contributed by atoms with Crippen molar-refractivity contribution in [1.82, 2.24) is 20.5 Å². The summed E-state index contributed by atoms with van der Waals surface area (Å²) in [5.74, 6) is 0.819. The zero-order valence-corrected chi connectivity index (χ0v) is 20.9. The molecule has 2 heterocycles. The Bertz CT molecular complexity index is 1350. The number of carbonyl (C=O) groups is 1. The average Bonchev–Trinajstić information content (AvgIpc) is 3.35. The van der Waals surface area contributed by atoms with Crippen LogP contribution in [0.4, 0.5) is 0 Å². The first kappa shape index (κ1) is 23.2. The minimum absolute atomic E-state index is 0.0251. The van der Waals surface area contributed by atoms with E-state index in [-0.39, 0.29) is 18.1 Å². The molecule has 5 rings (SSSR count). The lowest BCUT2D eigenvalue weighted by atomic mass is 9.85. The second kappa shape index (κ2) is 9.96. The van der Waals surface area contributed by atoms with E-state index in [4.69, 9.17) is 4.74 Å². The zero-order chi connectivity index (χ0) is 24.4. The molecule has 1 amide bonds. The fourth-order valence-corrected chi connectivity index (χ4v) is 5.45. The summed E-state index contributed by atoms with van der Waals surface area (Å²) < 4.78 is 5.87. The highest BCUT2D eigenvalue weighted by Crippen LogP contribution is 2.39. The van der Waals surface area contributed by atoms with Gasteiger partial charge in [0.25, 0.3) is 5.91 Å². The molecule has 178 valence electrons. The van der Waals surface area contributed by atoms with Gasteiger partial charge in [-0.25, -0.2) is 0 Å². The molecule has 1 aliphatic carbocycles. The zero-order valence-electron chi connectivity index (χ0n) is 20.1. The number of hydrogen-bond acceptors (Lipinski definition) is 6. The molecular weight excluding hydrogens is 456 g/mol. The second-order valence-electron chi connectivity index (χ2n) is 9.09. The van der Waals surface area contributed by atoms with E-state index < -0.39 is 0 Å². The summed E-state index contributed by atoms with van der Waals surface area (Å²) in [7, 11) is 0. The molecule has 2 aromatic heterocycles. The fourth-order valence-electron chi connectivity index (χ4n) is 4.56. The van der Waals surface area contributed by atoms with Crippen molar-refractivity contribution in [2.75, 3.05) is 0 Å². The summed E-state index contributed by atoms with van der Waals surface area (Å²) in [6.45, 7) is 6.11. The van der Waals surface area contributed by atoms with Crippen LogP contribution in [0.3, 0.4) is 0 Å². The molecule has 35 heavy (non-hydrogen) atoms. The molecule has 0 saturated heterocycles. The van der Waals surface area contributed by atoms with Gasteiger partial charge in [-0.15, -0.1) is 10.2 Å². The molecule has 0 fully saturated rings. The molecule has 7 heteroatoms. The third-order valence-electron chi connectivity index (χ3n) is 6.20. The monoisotopic (exact) mass is 484 g/mol. The Morgan fingerprint density at radius 1 is 1.09 bits per heavy atom. The van der Waals surface area contributed by atoms with E-state index >= 15 is 0 Å². The van der Waals surface area contributed by atoms with Gasteiger partial charge in [-0.1, -0.05) is 29.5 Å². The number of hydrogen-bond donors (Lipinski definition) is 1. The van der Waals surface area contributed by atoms with Crippen molar-refractivity contribution in [3.05, 3.63) is 83.2 Å². The van der Waals surface area contributed by atoms with E-state index in [1.54, 1.807) is 35.9 Å². The molecule has 1 aliphatic rings. The van der Waals surface area contributed by atoms with Crippen molar-refractivity contribution in [1.29, 1.82) is 0 Å². The smallest absolute Gasteiger partial charge is 0.251 e. The topological polar surface area (TPSA) is 77.0 Å². The van der Waals surface area contributed by atoms with Crippen LogP contribution in [-0.4, -0.2) is 27.2 Å². The van der Waals surface area contributed by atoms with Crippen LogP contribution in [0, 0.1) is 6.92 Å². The number of pyridine rings is 1. The van der Waals surface area contributed by atoms with Crippen LogP contribution < -0.4 is 10.1 Å². The molecule has 1 N–H and O–H groups in total.